The number of esters is 1. The van der Waals surface area contributed by atoms with Gasteiger partial charge in [0.1, 0.15) is 5.75 Å². The topological polar surface area (TPSA) is 63.6 Å². The lowest BCUT2D eigenvalue weighted by Gasteiger charge is -2.07. The molecule has 4 nitrogen and oxygen atoms in total. The van der Waals surface area contributed by atoms with E-state index in [-0.39, 0.29) is 5.56 Å². The summed E-state index contributed by atoms with van der Waals surface area (Å²) < 4.78 is 5.03. The summed E-state index contributed by atoms with van der Waals surface area (Å²) in [7, 11) is 0. The lowest BCUT2D eigenvalue weighted by molar-refractivity contribution is -0.131. The van der Waals surface area contributed by atoms with Gasteiger partial charge in [-0.05, 0) is 17.5 Å². The minimum atomic E-state index is -1.00. The van der Waals surface area contributed by atoms with E-state index in [1.165, 1.54) is 13.0 Å². The fourth-order valence-corrected chi connectivity index (χ4v) is 1.71. The maximum atomic E-state index is 11.0. The molecule has 2 aromatic rings. The molecule has 0 unspecified atom stereocenters. The number of carbonyl (C=O) groups is 2. The van der Waals surface area contributed by atoms with Crippen molar-refractivity contribution in [2.45, 2.75) is 6.92 Å². The molecule has 0 saturated carbocycles. The summed E-state index contributed by atoms with van der Waals surface area (Å²) in [5, 5.41) is 10.2. The zero-order valence-electron chi connectivity index (χ0n) is 9.14. The first-order chi connectivity index (χ1) is 8.09. The number of hydrogen-bond acceptors (Lipinski definition) is 3. The van der Waals surface area contributed by atoms with E-state index in [9.17, 15) is 9.59 Å². The summed E-state index contributed by atoms with van der Waals surface area (Å²) in [6, 6.07) is 9.84. The van der Waals surface area contributed by atoms with Crippen molar-refractivity contribution in [3.05, 3.63) is 42.0 Å². The summed E-state index contributed by atoms with van der Waals surface area (Å²) in [6.45, 7) is 1.31. The van der Waals surface area contributed by atoms with Crippen LogP contribution in [0, 0.1) is 0 Å². The van der Waals surface area contributed by atoms with Crippen LogP contribution in [0.3, 0.4) is 0 Å². The molecule has 0 radical (unpaired) electrons. The maximum Gasteiger partial charge on any atom is 0.336 e. The van der Waals surface area contributed by atoms with Crippen LogP contribution in [-0.2, 0) is 4.79 Å². The Kier molecular flexibility index (Phi) is 2.78. The highest BCUT2D eigenvalue weighted by molar-refractivity contribution is 6.05. The molecular formula is C13H10O4. The summed E-state index contributed by atoms with van der Waals surface area (Å²) in [5.74, 6) is -1.06. The van der Waals surface area contributed by atoms with Crippen LogP contribution in [0.5, 0.6) is 5.75 Å². The van der Waals surface area contributed by atoms with Crippen LogP contribution in [0.25, 0.3) is 10.8 Å². The quantitative estimate of drug-likeness (QED) is 0.635. The number of carboxylic acids is 1. The minimum absolute atomic E-state index is 0.191. The van der Waals surface area contributed by atoms with Gasteiger partial charge in [-0.2, -0.15) is 0 Å². The molecule has 0 fully saturated rings. The Labute approximate surface area is 97.4 Å². The van der Waals surface area contributed by atoms with E-state index in [1.54, 1.807) is 30.3 Å². The van der Waals surface area contributed by atoms with Gasteiger partial charge < -0.3 is 9.84 Å². The number of rotatable bonds is 2. The molecule has 0 aliphatic carbocycles. The fourth-order valence-electron chi connectivity index (χ4n) is 1.71. The van der Waals surface area contributed by atoms with Gasteiger partial charge in [0.25, 0.3) is 0 Å². The second-order valence-corrected chi connectivity index (χ2v) is 3.56. The molecule has 0 heterocycles. The monoisotopic (exact) mass is 230 g/mol. The Balaban J connectivity index is 2.69. The van der Waals surface area contributed by atoms with Crippen LogP contribution in [0.4, 0.5) is 0 Å². The summed E-state index contributed by atoms with van der Waals surface area (Å²) >= 11 is 0. The molecule has 0 saturated heterocycles. The predicted octanol–water partition coefficient (Wildman–Crippen LogP) is 2.46. The van der Waals surface area contributed by atoms with Crippen LogP contribution in [0.2, 0.25) is 0 Å². The molecule has 0 bridgehead atoms. The summed E-state index contributed by atoms with van der Waals surface area (Å²) in [4.78, 5) is 22.0. The molecule has 0 aromatic heterocycles. The fraction of sp³-hybridized carbons (Fsp3) is 0.0769. The molecule has 2 aromatic carbocycles. The third-order valence-corrected chi connectivity index (χ3v) is 2.37. The smallest absolute Gasteiger partial charge is 0.336 e. The zero-order valence-corrected chi connectivity index (χ0v) is 9.14. The first-order valence-electron chi connectivity index (χ1n) is 5.03. The molecule has 2 rings (SSSR count). The Morgan fingerprint density at radius 1 is 1.06 bits per heavy atom. The van der Waals surface area contributed by atoms with Crippen LogP contribution < -0.4 is 4.74 Å². The summed E-state index contributed by atoms with van der Waals surface area (Å²) in [6.07, 6.45) is 0. The van der Waals surface area contributed by atoms with Crippen LogP contribution in [-0.4, -0.2) is 17.0 Å². The van der Waals surface area contributed by atoms with Crippen LogP contribution in [0.1, 0.15) is 17.3 Å². The number of fused-ring (bicyclic) bond motifs is 1. The van der Waals surface area contributed by atoms with Crippen molar-refractivity contribution >= 4 is 22.7 Å². The molecule has 0 atom stereocenters. The highest BCUT2D eigenvalue weighted by atomic mass is 16.5. The molecule has 86 valence electrons. The molecular weight excluding hydrogens is 220 g/mol. The van der Waals surface area contributed by atoms with Crippen molar-refractivity contribution in [1.29, 1.82) is 0 Å². The minimum Gasteiger partial charge on any atom is -0.478 e. The van der Waals surface area contributed by atoms with Gasteiger partial charge in [0.15, 0.2) is 0 Å². The zero-order chi connectivity index (χ0) is 12.4. The average Bonchev–Trinajstić information content (AvgIpc) is 2.28. The van der Waals surface area contributed by atoms with Crippen molar-refractivity contribution in [3.63, 3.8) is 0 Å². The second kappa shape index (κ2) is 4.25. The van der Waals surface area contributed by atoms with Crippen LogP contribution >= 0.6 is 0 Å². The SMILES string of the molecule is CC(=O)Oc1cccc2c(C(=O)O)cccc12. The molecule has 0 aliphatic heterocycles. The van der Waals surface area contributed by atoms with Gasteiger partial charge in [0.05, 0.1) is 5.56 Å². The lowest BCUT2D eigenvalue weighted by atomic mass is 10.0. The third-order valence-electron chi connectivity index (χ3n) is 2.37. The van der Waals surface area contributed by atoms with E-state index in [1.807, 2.05) is 0 Å². The first-order valence-corrected chi connectivity index (χ1v) is 5.03. The number of aromatic carboxylic acids is 1. The van der Waals surface area contributed by atoms with Gasteiger partial charge >= 0.3 is 11.9 Å². The van der Waals surface area contributed by atoms with E-state index in [0.717, 1.165) is 0 Å². The largest absolute Gasteiger partial charge is 0.478 e. The second-order valence-electron chi connectivity index (χ2n) is 3.56. The van der Waals surface area contributed by atoms with E-state index in [2.05, 4.69) is 0 Å². The summed E-state index contributed by atoms with van der Waals surface area (Å²) in [5.41, 5.74) is 0.191. The lowest BCUT2D eigenvalue weighted by Crippen LogP contribution is -2.03. The maximum absolute atomic E-state index is 11.0. The normalized spacial score (nSPS) is 10.2. The van der Waals surface area contributed by atoms with E-state index < -0.39 is 11.9 Å². The number of benzene rings is 2. The van der Waals surface area contributed by atoms with Gasteiger partial charge in [0, 0.05) is 12.3 Å². The van der Waals surface area contributed by atoms with Crippen molar-refractivity contribution in [2.75, 3.05) is 0 Å². The average molecular weight is 230 g/mol. The van der Waals surface area contributed by atoms with Gasteiger partial charge in [-0.1, -0.05) is 24.3 Å². The molecule has 0 amide bonds. The number of ether oxygens (including phenoxy) is 1. The molecule has 0 aliphatic rings. The van der Waals surface area contributed by atoms with Gasteiger partial charge in [-0.25, -0.2) is 4.79 Å². The van der Waals surface area contributed by atoms with Crippen molar-refractivity contribution < 1.29 is 19.4 Å². The van der Waals surface area contributed by atoms with Gasteiger partial charge in [-0.3, -0.25) is 4.79 Å². The number of hydrogen-bond donors (Lipinski definition) is 1. The number of carboxylic acid groups (broad SMARTS) is 1. The van der Waals surface area contributed by atoms with Crippen molar-refractivity contribution in [2.24, 2.45) is 0 Å². The van der Waals surface area contributed by atoms with E-state index in [0.29, 0.717) is 16.5 Å². The Morgan fingerprint density at radius 3 is 2.35 bits per heavy atom. The predicted molar refractivity (Wildman–Crippen MR) is 62.2 cm³/mol. The van der Waals surface area contributed by atoms with Gasteiger partial charge in [0.2, 0.25) is 0 Å². The van der Waals surface area contributed by atoms with Crippen molar-refractivity contribution in [1.82, 2.24) is 0 Å². The molecule has 4 heteroatoms. The molecule has 17 heavy (non-hydrogen) atoms. The Hall–Kier alpha value is -2.36. The molecule has 1 N–H and O–H groups in total. The standard InChI is InChI=1S/C13H10O4/c1-8(14)17-12-7-3-4-9-10(12)5-2-6-11(9)13(15)16/h2-7H,1H3,(H,15,16). The van der Waals surface area contributed by atoms with E-state index >= 15 is 0 Å². The third kappa shape index (κ3) is 2.10. The number of carbonyl (C=O) groups excluding carboxylic acids is 1. The first kappa shape index (κ1) is 11.1. The highest BCUT2D eigenvalue weighted by Gasteiger charge is 2.11. The van der Waals surface area contributed by atoms with Gasteiger partial charge in [-0.15, -0.1) is 0 Å². The van der Waals surface area contributed by atoms with Crippen molar-refractivity contribution in [3.8, 4) is 5.75 Å². The highest BCUT2D eigenvalue weighted by Crippen LogP contribution is 2.28. The van der Waals surface area contributed by atoms with Crippen LogP contribution in [0.15, 0.2) is 36.4 Å². The Bertz CT molecular complexity index is 601. The van der Waals surface area contributed by atoms with E-state index in [4.69, 9.17) is 9.84 Å². The Morgan fingerprint density at radius 2 is 1.71 bits per heavy atom. The molecule has 0 spiro atoms.